The van der Waals surface area contributed by atoms with E-state index in [0.717, 1.165) is 24.5 Å². The van der Waals surface area contributed by atoms with Crippen LogP contribution in [0, 0.1) is 0 Å². The fourth-order valence-corrected chi connectivity index (χ4v) is 1.86. The van der Waals surface area contributed by atoms with Crippen molar-refractivity contribution in [3.63, 3.8) is 0 Å². The highest BCUT2D eigenvalue weighted by Crippen LogP contribution is 2.30. The molecule has 2 N–H and O–H groups in total. The number of rotatable bonds is 4. The molecule has 4 nitrogen and oxygen atoms in total. The zero-order valence-electron chi connectivity index (χ0n) is 10.4. The van der Waals surface area contributed by atoms with Crippen LogP contribution in [0.3, 0.4) is 0 Å². The number of ether oxygens (including phenoxy) is 2. The molecule has 0 saturated heterocycles. The fraction of sp³-hybridized carbons (Fsp3) is 0.462. The molecule has 0 bridgehead atoms. The smallest absolute Gasteiger partial charge is 0.166 e. The van der Waals surface area contributed by atoms with Crippen LogP contribution in [0.4, 0.5) is 0 Å². The Bertz CT molecular complexity index is 412. The Labute approximate surface area is 113 Å². The topological polar surface area (TPSA) is 42.5 Å². The molecule has 0 saturated carbocycles. The minimum atomic E-state index is -0.0127. The summed E-state index contributed by atoms with van der Waals surface area (Å²) in [7, 11) is 0. The first-order valence-corrected chi connectivity index (χ1v) is 6.60. The molecule has 1 aliphatic rings. The summed E-state index contributed by atoms with van der Waals surface area (Å²) in [6.45, 7) is 4.17. The zero-order chi connectivity index (χ0) is 12.8. The largest absolute Gasteiger partial charge is 0.486 e. The second-order valence-electron chi connectivity index (χ2n) is 4.13. The van der Waals surface area contributed by atoms with Crippen LogP contribution in [-0.4, -0.2) is 30.9 Å². The highest BCUT2D eigenvalue weighted by Gasteiger charge is 2.20. The van der Waals surface area contributed by atoms with Crippen molar-refractivity contribution in [3.05, 3.63) is 24.3 Å². The van der Waals surface area contributed by atoms with Gasteiger partial charge in [0, 0.05) is 6.54 Å². The molecular weight excluding hydrogens is 248 g/mol. The van der Waals surface area contributed by atoms with E-state index in [-0.39, 0.29) is 6.10 Å². The maximum Gasteiger partial charge on any atom is 0.166 e. The van der Waals surface area contributed by atoms with E-state index < -0.39 is 0 Å². The van der Waals surface area contributed by atoms with E-state index in [1.165, 1.54) is 0 Å². The first-order valence-electron chi connectivity index (χ1n) is 6.19. The third-order valence-electron chi connectivity index (χ3n) is 2.59. The quantitative estimate of drug-likeness (QED) is 0.812. The van der Waals surface area contributed by atoms with Crippen molar-refractivity contribution >= 4 is 17.3 Å². The molecule has 1 aliphatic heterocycles. The number of para-hydroxylation sites is 2. The van der Waals surface area contributed by atoms with E-state index in [0.29, 0.717) is 18.3 Å². The van der Waals surface area contributed by atoms with Gasteiger partial charge in [0.1, 0.15) is 12.7 Å². The van der Waals surface area contributed by atoms with Crippen molar-refractivity contribution in [3.8, 4) is 11.5 Å². The Hall–Kier alpha value is -1.49. The first kappa shape index (κ1) is 13.0. The van der Waals surface area contributed by atoms with Gasteiger partial charge in [-0.1, -0.05) is 19.1 Å². The van der Waals surface area contributed by atoms with Crippen molar-refractivity contribution in [2.45, 2.75) is 19.4 Å². The van der Waals surface area contributed by atoms with Gasteiger partial charge < -0.3 is 20.1 Å². The minimum Gasteiger partial charge on any atom is -0.486 e. The standard InChI is InChI=1S/C13H18N2O2S/c1-2-7-14-13(18)15-8-10-9-16-11-5-3-4-6-12(11)17-10/h3-6,10H,2,7-9H2,1H3,(H2,14,15,18)/t10-/m0/s1. The van der Waals surface area contributed by atoms with Crippen molar-refractivity contribution in [2.75, 3.05) is 19.7 Å². The van der Waals surface area contributed by atoms with E-state index in [1.807, 2.05) is 24.3 Å². The van der Waals surface area contributed by atoms with Crippen LogP contribution in [0.25, 0.3) is 0 Å². The Morgan fingerprint density at radius 2 is 2.11 bits per heavy atom. The van der Waals surface area contributed by atoms with E-state index in [1.54, 1.807) is 0 Å². The minimum absolute atomic E-state index is 0.0127. The van der Waals surface area contributed by atoms with Crippen LogP contribution in [-0.2, 0) is 0 Å². The fourth-order valence-electron chi connectivity index (χ4n) is 1.67. The third-order valence-corrected chi connectivity index (χ3v) is 2.88. The molecule has 0 unspecified atom stereocenters. The molecule has 0 fully saturated rings. The maximum absolute atomic E-state index is 5.81. The van der Waals surface area contributed by atoms with E-state index in [4.69, 9.17) is 21.7 Å². The van der Waals surface area contributed by atoms with Crippen LogP contribution in [0.2, 0.25) is 0 Å². The average molecular weight is 266 g/mol. The highest BCUT2D eigenvalue weighted by atomic mass is 32.1. The Morgan fingerprint density at radius 3 is 2.89 bits per heavy atom. The lowest BCUT2D eigenvalue weighted by atomic mass is 10.2. The normalized spacial score (nSPS) is 17.1. The van der Waals surface area contributed by atoms with Crippen molar-refractivity contribution in [1.29, 1.82) is 0 Å². The second-order valence-corrected chi connectivity index (χ2v) is 4.54. The molecule has 1 aromatic rings. The van der Waals surface area contributed by atoms with Crippen LogP contribution >= 0.6 is 12.2 Å². The van der Waals surface area contributed by atoms with Crippen molar-refractivity contribution in [2.24, 2.45) is 0 Å². The van der Waals surface area contributed by atoms with Gasteiger partial charge in [-0.15, -0.1) is 0 Å². The molecule has 0 amide bonds. The van der Waals surface area contributed by atoms with Gasteiger partial charge in [0.25, 0.3) is 0 Å². The van der Waals surface area contributed by atoms with E-state index in [9.17, 15) is 0 Å². The van der Waals surface area contributed by atoms with Gasteiger partial charge in [-0.3, -0.25) is 0 Å². The highest BCUT2D eigenvalue weighted by molar-refractivity contribution is 7.80. The number of benzene rings is 1. The second kappa shape index (κ2) is 6.44. The number of thiocarbonyl (C=S) groups is 1. The molecule has 98 valence electrons. The molecule has 0 radical (unpaired) electrons. The SMILES string of the molecule is CCCNC(=S)NC[C@H]1COc2ccccc2O1. The number of hydrogen-bond donors (Lipinski definition) is 2. The Morgan fingerprint density at radius 1 is 1.33 bits per heavy atom. The zero-order valence-corrected chi connectivity index (χ0v) is 11.3. The molecule has 1 atom stereocenters. The van der Waals surface area contributed by atoms with Gasteiger partial charge in [-0.2, -0.15) is 0 Å². The van der Waals surface area contributed by atoms with E-state index in [2.05, 4.69) is 17.6 Å². The summed E-state index contributed by atoms with van der Waals surface area (Å²) < 4.78 is 11.4. The predicted molar refractivity (Wildman–Crippen MR) is 75.2 cm³/mol. The summed E-state index contributed by atoms with van der Waals surface area (Å²) in [6, 6.07) is 7.69. The van der Waals surface area contributed by atoms with Gasteiger partial charge in [0.2, 0.25) is 0 Å². The molecule has 1 aromatic carbocycles. The van der Waals surface area contributed by atoms with Gasteiger partial charge in [-0.05, 0) is 30.8 Å². The number of hydrogen-bond acceptors (Lipinski definition) is 3. The van der Waals surface area contributed by atoms with Crippen LogP contribution in [0.1, 0.15) is 13.3 Å². The molecule has 0 spiro atoms. The summed E-state index contributed by atoms with van der Waals surface area (Å²) in [5.41, 5.74) is 0. The average Bonchev–Trinajstić information content (AvgIpc) is 2.42. The summed E-state index contributed by atoms with van der Waals surface area (Å²) in [6.07, 6.45) is 1.04. The van der Waals surface area contributed by atoms with E-state index >= 15 is 0 Å². The summed E-state index contributed by atoms with van der Waals surface area (Å²) >= 11 is 5.15. The van der Waals surface area contributed by atoms with Gasteiger partial charge in [-0.25, -0.2) is 0 Å². The van der Waals surface area contributed by atoms with Crippen LogP contribution < -0.4 is 20.1 Å². The molecule has 0 aromatic heterocycles. The molecule has 18 heavy (non-hydrogen) atoms. The first-order chi connectivity index (χ1) is 8.79. The van der Waals surface area contributed by atoms with Crippen molar-refractivity contribution in [1.82, 2.24) is 10.6 Å². The molecule has 1 heterocycles. The molecule has 0 aliphatic carbocycles. The van der Waals surface area contributed by atoms with Gasteiger partial charge >= 0.3 is 0 Å². The maximum atomic E-state index is 5.81. The Balaban J connectivity index is 1.78. The lowest BCUT2D eigenvalue weighted by Crippen LogP contribution is -2.44. The summed E-state index contributed by atoms with van der Waals surface area (Å²) in [5, 5.41) is 6.91. The molecular formula is C13H18N2O2S. The lowest BCUT2D eigenvalue weighted by Gasteiger charge is -2.26. The summed E-state index contributed by atoms with van der Waals surface area (Å²) in [5.74, 6) is 1.60. The number of nitrogens with one attached hydrogen (secondary N) is 2. The Kier molecular flexibility index (Phi) is 4.64. The van der Waals surface area contributed by atoms with Gasteiger partial charge in [0.15, 0.2) is 16.6 Å². The molecule has 2 rings (SSSR count). The van der Waals surface area contributed by atoms with Gasteiger partial charge in [0.05, 0.1) is 6.54 Å². The van der Waals surface area contributed by atoms with Crippen molar-refractivity contribution < 1.29 is 9.47 Å². The molecule has 5 heteroatoms. The lowest BCUT2D eigenvalue weighted by molar-refractivity contribution is 0.0937. The van der Waals surface area contributed by atoms with Crippen LogP contribution in [0.5, 0.6) is 11.5 Å². The van der Waals surface area contributed by atoms with Crippen LogP contribution in [0.15, 0.2) is 24.3 Å². The number of fused-ring (bicyclic) bond motifs is 1. The predicted octanol–water partition coefficient (Wildman–Crippen LogP) is 1.70. The third kappa shape index (κ3) is 3.50. The summed E-state index contributed by atoms with van der Waals surface area (Å²) in [4.78, 5) is 0. The monoisotopic (exact) mass is 266 g/mol.